The summed E-state index contributed by atoms with van der Waals surface area (Å²) in [5, 5.41) is 5.42. The van der Waals surface area contributed by atoms with E-state index in [1.54, 1.807) is 22.3 Å². The molecular weight excluding hydrogens is 891 g/mol. The van der Waals surface area contributed by atoms with Crippen molar-refractivity contribution in [3.8, 4) is 22.3 Å². The van der Waals surface area contributed by atoms with Gasteiger partial charge in [-0.3, -0.25) is 0 Å². The van der Waals surface area contributed by atoms with Crippen LogP contribution in [0.1, 0.15) is 136 Å². The molecule has 0 saturated carbocycles. The number of rotatable bonds is 18. The van der Waals surface area contributed by atoms with E-state index in [-0.39, 0.29) is 0 Å². The van der Waals surface area contributed by atoms with Crippen LogP contribution in [0, 0.1) is 0 Å². The van der Waals surface area contributed by atoms with Crippen molar-refractivity contribution in [1.29, 1.82) is 0 Å². The van der Waals surface area contributed by atoms with Crippen molar-refractivity contribution in [3.05, 3.63) is 155 Å². The second kappa shape index (κ2) is 19.1. The first-order valence-corrected chi connectivity index (χ1v) is 36.5. The van der Waals surface area contributed by atoms with Gasteiger partial charge in [-0.1, -0.05) is 0 Å². The zero-order valence-corrected chi connectivity index (χ0v) is 43.8. The van der Waals surface area contributed by atoms with Gasteiger partial charge in [-0.2, -0.15) is 0 Å². The van der Waals surface area contributed by atoms with E-state index < -0.39 is 40.5 Å². The zero-order chi connectivity index (χ0) is 42.8. The summed E-state index contributed by atoms with van der Waals surface area (Å²) in [6.07, 6.45) is 16.1. The minimum absolute atomic E-state index is 0.408. The summed E-state index contributed by atoms with van der Waals surface area (Å²) in [5.74, 6) is 0. The Labute approximate surface area is 379 Å². The fourth-order valence-corrected chi connectivity index (χ4v) is 73.8. The molecule has 2 aliphatic carbocycles. The molecule has 0 nitrogen and oxygen atoms in total. The van der Waals surface area contributed by atoms with Gasteiger partial charge < -0.3 is 0 Å². The average molecular weight is 964 g/mol. The van der Waals surface area contributed by atoms with Crippen molar-refractivity contribution < 1.29 is 40.5 Å². The number of benzene rings is 6. The normalized spacial score (nSPS) is 16.5. The zero-order valence-electron chi connectivity index (χ0n) is 38.8. The third-order valence-corrected chi connectivity index (χ3v) is 64.4. The summed E-state index contributed by atoms with van der Waals surface area (Å²) in [4.78, 5) is 0. The molecule has 0 radical (unpaired) electrons. The predicted molar refractivity (Wildman–Crippen MR) is 264 cm³/mol. The molecule has 316 valence electrons. The summed E-state index contributed by atoms with van der Waals surface area (Å²) in [6.45, 7) is 21.1. The van der Waals surface area contributed by atoms with Crippen molar-refractivity contribution in [2.45, 2.75) is 131 Å². The van der Waals surface area contributed by atoms with Gasteiger partial charge in [-0.25, -0.2) is 0 Å². The molecule has 6 aromatic carbocycles. The molecule has 0 amide bonds. The Kier molecular flexibility index (Phi) is 14.0. The van der Waals surface area contributed by atoms with Gasteiger partial charge in [0.25, 0.3) is 0 Å². The van der Waals surface area contributed by atoms with Gasteiger partial charge in [0.05, 0.1) is 0 Å². The Balaban J connectivity index is 1.36. The molecule has 0 fully saturated rings. The molecule has 2 heteroatoms. The second-order valence-corrected chi connectivity index (χ2v) is 48.0. The van der Waals surface area contributed by atoms with Gasteiger partial charge in [0, 0.05) is 0 Å². The van der Waals surface area contributed by atoms with Crippen molar-refractivity contribution >= 4 is 33.7 Å². The molecule has 6 aromatic rings. The predicted octanol–water partition coefficient (Wildman–Crippen LogP) is 19.3. The van der Waals surface area contributed by atoms with Crippen LogP contribution >= 0.6 is 0 Å². The molecule has 61 heavy (non-hydrogen) atoms. The van der Waals surface area contributed by atoms with Crippen LogP contribution in [-0.2, 0) is 40.5 Å². The van der Waals surface area contributed by atoms with Crippen LogP contribution in [0.2, 0.25) is 17.3 Å². The molecule has 0 heterocycles. The van der Waals surface area contributed by atoms with Crippen molar-refractivity contribution in [2.24, 2.45) is 0 Å². The third-order valence-electron chi connectivity index (χ3n) is 16.2. The van der Waals surface area contributed by atoms with Crippen LogP contribution in [0.25, 0.3) is 56.0 Å². The van der Waals surface area contributed by atoms with Gasteiger partial charge >= 0.3 is 383 Å². The number of unbranched alkanes of at least 4 members (excludes halogenated alkanes) is 4. The van der Waals surface area contributed by atoms with E-state index in [9.17, 15) is 0 Å². The number of hydrogen-bond acceptors (Lipinski definition) is 0. The quantitative estimate of drug-likeness (QED) is 0.0805. The van der Waals surface area contributed by atoms with Gasteiger partial charge in [-0.15, -0.1) is 0 Å². The van der Waals surface area contributed by atoms with Gasteiger partial charge in [0.15, 0.2) is 0 Å². The van der Waals surface area contributed by atoms with E-state index in [0.717, 1.165) is 0 Å². The average Bonchev–Trinajstić information content (AvgIpc) is 3.82. The Morgan fingerprint density at radius 1 is 0.410 bits per heavy atom. The maximum atomic E-state index is 3.00. The standard InChI is InChI=1S/2C20H15.4C4H9.C3H6.2Zr/c2*1-14-12-16-8-5-11-19(20(16)13-14)18-10-4-7-15-6-2-3-9-17(15)18;4*1-3-4-2;1-3-2;;/h2*2-13H,1H3;4*1,3-4H2,2H3;1-2H3;;. The van der Waals surface area contributed by atoms with Gasteiger partial charge in [-0.05, 0) is 0 Å². The number of allylic oxidation sites excluding steroid dienone is 2. The Hall–Kier alpha value is -2.91. The summed E-state index contributed by atoms with van der Waals surface area (Å²) in [5.41, 5.74) is 15.5. The van der Waals surface area contributed by atoms with Gasteiger partial charge in [0.2, 0.25) is 0 Å². The molecule has 2 unspecified atom stereocenters. The fraction of sp³-hybridized carbons (Fsp3) is 0.390. The summed E-state index contributed by atoms with van der Waals surface area (Å²) in [7, 11) is 0. The van der Waals surface area contributed by atoms with E-state index in [4.69, 9.17) is 0 Å². The molecule has 0 N–H and O–H groups in total. The molecule has 2 aliphatic rings. The SMILES string of the molecule is CCC[CH2][Zr]([CH2]CCC)([CH]1C(C)=Cc2c(-c3cccc4ccccc34)cccc21)[C](C)(C)[Zr]([CH2]CCC)([CH2]CCC)[CH]1C(C)=Cc2c(-c3cccc4ccccc34)cccc21. The van der Waals surface area contributed by atoms with E-state index in [0.29, 0.717) is 8.08 Å². The van der Waals surface area contributed by atoms with Crippen LogP contribution in [0.4, 0.5) is 0 Å². The first-order chi connectivity index (χ1) is 29.7. The molecule has 0 aliphatic heterocycles. The van der Waals surface area contributed by atoms with E-state index in [1.807, 2.05) is 0 Å². The van der Waals surface area contributed by atoms with Crippen molar-refractivity contribution in [2.75, 3.05) is 0 Å². The van der Waals surface area contributed by atoms with Crippen molar-refractivity contribution in [1.82, 2.24) is 0 Å². The number of hydrogen-bond donors (Lipinski definition) is 0. The van der Waals surface area contributed by atoms with E-state index >= 15 is 0 Å². The van der Waals surface area contributed by atoms with Crippen LogP contribution in [0.15, 0.2) is 132 Å². The number of fused-ring (bicyclic) bond motifs is 4. The molecular formula is C59H72Zr2. The molecule has 8 rings (SSSR count). The molecule has 0 aromatic heterocycles. The minimum atomic E-state index is -3.39. The summed E-state index contributed by atoms with van der Waals surface area (Å²) < 4.78 is 7.72. The van der Waals surface area contributed by atoms with E-state index in [2.05, 4.69) is 189 Å². The monoisotopic (exact) mass is 960 g/mol. The third kappa shape index (κ3) is 7.79. The molecule has 0 saturated heterocycles. The maximum absolute atomic E-state index is 3.39. The first kappa shape index (κ1) is 44.7. The van der Waals surface area contributed by atoms with Crippen LogP contribution < -0.4 is 0 Å². The fourth-order valence-electron chi connectivity index (χ4n) is 13.2. The summed E-state index contributed by atoms with van der Waals surface area (Å²) in [6, 6.07) is 47.0. The van der Waals surface area contributed by atoms with Gasteiger partial charge in [0.1, 0.15) is 0 Å². The summed E-state index contributed by atoms with van der Waals surface area (Å²) >= 11 is -6.79. The van der Waals surface area contributed by atoms with Crippen LogP contribution in [0.5, 0.6) is 0 Å². The Bertz CT molecular complexity index is 2360. The molecule has 2 atom stereocenters. The van der Waals surface area contributed by atoms with E-state index in [1.165, 1.54) is 123 Å². The van der Waals surface area contributed by atoms with Crippen LogP contribution in [-0.4, -0.2) is 0 Å². The Morgan fingerprint density at radius 2 is 0.738 bits per heavy atom. The van der Waals surface area contributed by atoms with Crippen LogP contribution in [0.3, 0.4) is 0 Å². The molecule has 0 spiro atoms. The first-order valence-electron chi connectivity index (χ1n) is 24.3. The second-order valence-electron chi connectivity index (χ2n) is 19.7. The van der Waals surface area contributed by atoms with Crippen molar-refractivity contribution in [3.63, 3.8) is 0 Å². The topological polar surface area (TPSA) is 0 Å². The molecule has 0 bridgehead atoms. The Morgan fingerprint density at radius 3 is 1.11 bits per heavy atom.